The Bertz CT molecular complexity index is 277. The number of imide groups is 1. The van der Waals surface area contributed by atoms with E-state index in [9.17, 15) is 9.59 Å². The van der Waals surface area contributed by atoms with Crippen LogP contribution < -0.4 is 0 Å². The molecule has 0 aliphatic rings. The fourth-order valence-electron chi connectivity index (χ4n) is 1.29. The zero-order valence-corrected chi connectivity index (χ0v) is 10.1. The Labute approximate surface area is 99.5 Å². The standard InChI is InChI=1S/C10H14Cl2NO2/c1-4-6-13(7-5-2,8(3)14)10(15)9(11)12/h4-5,9H,1-2,6-7H2,3H3/q+1. The number of carbonyl (C=O) groups is 2. The fraction of sp³-hybridized carbons (Fsp3) is 0.400. The van der Waals surface area contributed by atoms with Crippen LogP contribution in [0.3, 0.4) is 0 Å². The monoisotopic (exact) mass is 250 g/mol. The molecule has 0 rings (SSSR count). The van der Waals surface area contributed by atoms with E-state index < -0.39 is 15.2 Å². The van der Waals surface area contributed by atoms with Gasteiger partial charge in [-0.3, -0.25) is 0 Å². The van der Waals surface area contributed by atoms with Crippen molar-refractivity contribution in [3.8, 4) is 0 Å². The number of hydrogen-bond donors (Lipinski definition) is 0. The maximum Gasteiger partial charge on any atom is 0.354 e. The van der Waals surface area contributed by atoms with Gasteiger partial charge in [0.15, 0.2) is 0 Å². The summed E-state index contributed by atoms with van der Waals surface area (Å²) in [6.45, 7) is 8.67. The summed E-state index contributed by atoms with van der Waals surface area (Å²) in [5.41, 5.74) is 0. The SMILES string of the molecule is C=CC[N+](CC=C)(C(C)=O)C(=O)C(Cl)Cl. The molecule has 0 saturated carbocycles. The van der Waals surface area contributed by atoms with Gasteiger partial charge in [-0.15, -0.1) is 0 Å². The van der Waals surface area contributed by atoms with Gasteiger partial charge in [0.1, 0.15) is 13.1 Å². The van der Waals surface area contributed by atoms with Crippen molar-refractivity contribution in [3.63, 3.8) is 0 Å². The normalized spacial score (nSPS) is 11.2. The van der Waals surface area contributed by atoms with Crippen molar-refractivity contribution in [2.45, 2.75) is 11.8 Å². The third-order valence-corrected chi connectivity index (χ3v) is 2.47. The topological polar surface area (TPSA) is 34.1 Å². The van der Waals surface area contributed by atoms with Crippen molar-refractivity contribution >= 4 is 35.0 Å². The van der Waals surface area contributed by atoms with E-state index in [1.807, 2.05) is 0 Å². The first-order chi connectivity index (χ1) is 6.92. The minimum absolute atomic E-state index is 0.163. The second-order valence-electron chi connectivity index (χ2n) is 3.07. The zero-order chi connectivity index (χ0) is 12.1. The predicted molar refractivity (Wildman–Crippen MR) is 61.6 cm³/mol. The molecule has 84 valence electrons. The van der Waals surface area contributed by atoms with Gasteiger partial charge in [-0.1, -0.05) is 36.4 Å². The number of halogens is 2. The van der Waals surface area contributed by atoms with Gasteiger partial charge in [-0.25, -0.2) is 9.59 Å². The highest BCUT2D eigenvalue weighted by atomic mass is 35.5. The maximum atomic E-state index is 11.8. The third-order valence-electron chi connectivity index (χ3n) is 2.09. The van der Waals surface area contributed by atoms with Gasteiger partial charge in [0.05, 0.1) is 6.92 Å². The Balaban J connectivity index is 5.28. The molecule has 0 saturated heterocycles. The lowest BCUT2D eigenvalue weighted by Gasteiger charge is -2.30. The van der Waals surface area contributed by atoms with Crippen LogP contribution >= 0.6 is 23.2 Å². The molecule has 0 unspecified atom stereocenters. The molecular weight excluding hydrogens is 237 g/mol. The summed E-state index contributed by atoms with van der Waals surface area (Å²) in [5, 5.41) is 0. The molecule has 0 radical (unpaired) electrons. The molecule has 0 spiro atoms. The van der Waals surface area contributed by atoms with E-state index in [2.05, 4.69) is 13.2 Å². The highest BCUT2D eigenvalue weighted by molar-refractivity contribution is 6.53. The summed E-state index contributed by atoms with van der Waals surface area (Å²) >= 11 is 11.0. The molecule has 0 aromatic heterocycles. The van der Waals surface area contributed by atoms with E-state index in [1.165, 1.54) is 19.1 Å². The van der Waals surface area contributed by atoms with E-state index in [0.717, 1.165) is 0 Å². The van der Waals surface area contributed by atoms with Crippen LogP contribution in [0.1, 0.15) is 6.92 Å². The summed E-state index contributed by atoms with van der Waals surface area (Å²) in [4.78, 5) is 22.1. The summed E-state index contributed by atoms with van der Waals surface area (Å²) in [7, 11) is 0. The second-order valence-corrected chi connectivity index (χ2v) is 4.16. The first-order valence-electron chi connectivity index (χ1n) is 4.35. The molecule has 0 aliphatic carbocycles. The molecule has 0 N–H and O–H groups in total. The molecule has 0 fully saturated rings. The van der Waals surface area contributed by atoms with Crippen molar-refractivity contribution in [2.75, 3.05) is 13.1 Å². The molecule has 3 nitrogen and oxygen atoms in total. The van der Waals surface area contributed by atoms with Crippen molar-refractivity contribution in [3.05, 3.63) is 25.3 Å². The maximum absolute atomic E-state index is 11.8. The van der Waals surface area contributed by atoms with Crippen LogP contribution in [0.2, 0.25) is 0 Å². The Morgan fingerprint density at radius 3 is 1.87 bits per heavy atom. The van der Waals surface area contributed by atoms with Crippen LogP contribution in [0.15, 0.2) is 25.3 Å². The number of carbonyl (C=O) groups excluding carboxylic acids is 2. The average Bonchev–Trinajstić information content (AvgIpc) is 2.15. The summed E-state index contributed by atoms with van der Waals surface area (Å²) in [6.07, 6.45) is 2.97. The molecule has 0 aliphatic heterocycles. The number of hydrogen-bond acceptors (Lipinski definition) is 2. The molecular formula is C10H14Cl2NO2+. The van der Waals surface area contributed by atoms with Gasteiger partial charge < -0.3 is 0 Å². The van der Waals surface area contributed by atoms with Crippen LogP contribution in [-0.4, -0.2) is 34.2 Å². The number of rotatable bonds is 5. The highest BCUT2D eigenvalue weighted by Crippen LogP contribution is 2.17. The molecule has 0 atom stereocenters. The second kappa shape index (κ2) is 6.05. The van der Waals surface area contributed by atoms with Crippen LogP contribution in [0, 0.1) is 0 Å². The van der Waals surface area contributed by atoms with E-state index >= 15 is 0 Å². The Morgan fingerprint density at radius 2 is 1.67 bits per heavy atom. The molecule has 0 heterocycles. The van der Waals surface area contributed by atoms with E-state index in [0.29, 0.717) is 0 Å². The van der Waals surface area contributed by atoms with E-state index in [4.69, 9.17) is 23.2 Å². The van der Waals surface area contributed by atoms with Crippen LogP contribution in [0.4, 0.5) is 0 Å². The molecule has 2 amide bonds. The van der Waals surface area contributed by atoms with Crippen molar-refractivity contribution in [1.82, 2.24) is 0 Å². The van der Waals surface area contributed by atoms with Gasteiger partial charge in [0.25, 0.3) is 0 Å². The lowest BCUT2D eigenvalue weighted by molar-refractivity contribution is -0.765. The predicted octanol–water partition coefficient (Wildman–Crippen LogP) is 2.05. The van der Waals surface area contributed by atoms with Gasteiger partial charge in [-0.2, -0.15) is 4.48 Å². The minimum Gasteiger partial charge on any atom is -0.231 e. The number of quaternary nitrogens is 1. The number of alkyl halides is 2. The zero-order valence-electron chi connectivity index (χ0n) is 8.58. The summed E-state index contributed by atoms with van der Waals surface area (Å²) in [6, 6.07) is 0. The molecule has 0 aromatic carbocycles. The molecule has 0 aromatic rings. The van der Waals surface area contributed by atoms with Crippen LogP contribution in [0.25, 0.3) is 0 Å². The van der Waals surface area contributed by atoms with Gasteiger partial charge in [-0.05, 0) is 12.2 Å². The van der Waals surface area contributed by atoms with Crippen LogP contribution in [0.5, 0.6) is 0 Å². The largest absolute Gasteiger partial charge is 0.354 e. The number of nitrogens with zero attached hydrogens (tertiary/aromatic N) is 1. The fourth-order valence-corrected chi connectivity index (χ4v) is 1.67. The third kappa shape index (κ3) is 3.16. The summed E-state index contributed by atoms with van der Waals surface area (Å²) < 4.78 is -0.468. The van der Waals surface area contributed by atoms with Crippen molar-refractivity contribution in [2.24, 2.45) is 0 Å². The van der Waals surface area contributed by atoms with Gasteiger partial charge >= 0.3 is 11.8 Å². The van der Waals surface area contributed by atoms with Crippen molar-refractivity contribution < 1.29 is 14.1 Å². The Morgan fingerprint density at radius 1 is 1.27 bits per heavy atom. The van der Waals surface area contributed by atoms with Crippen molar-refractivity contribution in [1.29, 1.82) is 0 Å². The quantitative estimate of drug-likeness (QED) is 0.425. The molecule has 0 bridgehead atoms. The van der Waals surface area contributed by atoms with E-state index in [1.54, 1.807) is 0 Å². The first-order valence-corrected chi connectivity index (χ1v) is 5.22. The smallest absolute Gasteiger partial charge is 0.231 e. The lowest BCUT2D eigenvalue weighted by atomic mass is 10.3. The molecule has 15 heavy (non-hydrogen) atoms. The van der Waals surface area contributed by atoms with Gasteiger partial charge in [0, 0.05) is 0 Å². The average molecular weight is 251 g/mol. The Kier molecular flexibility index (Phi) is 5.80. The van der Waals surface area contributed by atoms with Crippen LogP contribution in [-0.2, 0) is 9.59 Å². The number of amides is 2. The molecule has 5 heteroatoms. The lowest BCUT2D eigenvalue weighted by Crippen LogP contribution is -2.58. The van der Waals surface area contributed by atoms with Gasteiger partial charge in [0.2, 0.25) is 4.84 Å². The van der Waals surface area contributed by atoms with E-state index in [-0.39, 0.29) is 19.0 Å². The summed E-state index contributed by atoms with van der Waals surface area (Å²) in [5.74, 6) is -0.878. The highest BCUT2D eigenvalue weighted by Gasteiger charge is 2.42. The minimum atomic E-state index is -1.23. The first kappa shape index (κ1) is 14.4. The Hall–Kier alpha value is -0.640.